The zero-order valence-corrected chi connectivity index (χ0v) is 24.9. The predicted octanol–water partition coefficient (Wildman–Crippen LogP) is 6.69. The molecule has 0 saturated carbocycles. The van der Waals surface area contributed by atoms with E-state index in [1.54, 1.807) is 19.4 Å². The van der Waals surface area contributed by atoms with Gasteiger partial charge in [0.15, 0.2) is 5.78 Å². The Labute approximate surface area is 244 Å². The molecule has 1 aliphatic rings. The number of non-ortho nitro benzene ring substituents is 1. The minimum atomic E-state index is -0.469. The topological polar surface area (TPSA) is 103 Å². The average Bonchev–Trinajstić information content (AvgIpc) is 2.97. The minimum absolute atomic E-state index is 0.0371. The van der Waals surface area contributed by atoms with Gasteiger partial charge in [-0.05, 0) is 73.4 Å². The number of rotatable bonds is 11. The number of carbonyl (C=O) groups is 2. The zero-order valence-electron chi connectivity index (χ0n) is 21.7. The van der Waals surface area contributed by atoms with Gasteiger partial charge in [0.05, 0.1) is 17.5 Å². The Balaban J connectivity index is 1.49. The molecule has 0 aliphatic carbocycles. The number of ketones is 1. The molecule has 1 amide bonds. The second-order valence-electron chi connectivity index (χ2n) is 9.86. The number of nitro groups is 1. The molecule has 39 heavy (non-hydrogen) atoms. The monoisotopic (exact) mass is 659 g/mol. The number of benzene rings is 2. The fourth-order valence-corrected chi connectivity index (χ4v) is 6.90. The van der Waals surface area contributed by atoms with Gasteiger partial charge in [-0.3, -0.25) is 24.7 Å². The number of pyridine rings is 1. The van der Waals surface area contributed by atoms with E-state index in [0.29, 0.717) is 48.2 Å². The number of fused-ring (bicyclic) bond motifs is 1. The lowest BCUT2D eigenvalue weighted by Gasteiger charge is -2.42. The van der Waals surface area contributed by atoms with Crippen LogP contribution in [-0.4, -0.2) is 57.4 Å². The number of amides is 1. The van der Waals surface area contributed by atoms with Crippen molar-refractivity contribution in [1.82, 2.24) is 9.88 Å². The van der Waals surface area contributed by atoms with Crippen LogP contribution in [0.5, 0.6) is 5.75 Å². The maximum absolute atomic E-state index is 13.4. The van der Waals surface area contributed by atoms with Crippen LogP contribution >= 0.6 is 31.9 Å². The summed E-state index contributed by atoms with van der Waals surface area (Å²) < 4.78 is 5.36. The summed E-state index contributed by atoms with van der Waals surface area (Å²) in [6.07, 6.45) is 4.58. The fraction of sp³-hybridized carbons (Fsp3) is 0.414. The second kappa shape index (κ2) is 13.5. The molecule has 1 aliphatic heterocycles. The SMILES string of the molecule is COc1ccc2nccc(C(=O)CC[C@H]3CCN(C(=O)c4ccc([N+](=O)[O-])cc4)C[C@@H]3[C@H](CBr)CCBr)c2c1. The van der Waals surface area contributed by atoms with Gasteiger partial charge in [-0.25, -0.2) is 0 Å². The van der Waals surface area contributed by atoms with Crippen molar-refractivity contribution in [3.8, 4) is 5.75 Å². The molecule has 1 aromatic heterocycles. The Morgan fingerprint density at radius 1 is 1.18 bits per heavy atom. The molecule has 0 unspecified atom stereocenters. The Hall–Kier alpha value is -2.85. The van der Waals surface area contributed by atoms with Crippen LogP contribution in [0.2, 0.25) is 0 Å². The number of halogens is 2. The van der Waals surface area contributed by atoms with E-state index >= 15 is 0 Å². The van der Waals surface area contributed by atoms with Crippen molar-refractivity contribution >= 4 is 60.1 Å². The van der Waals surface area contributed by atoms with Gasteiger partial charge in [-0.15, -0.1) is 0 Å². The van der Waals surface area contributed by atoms with Gasteiger partial charge in [0.2, 0.25) is 0 Å². The number of methoxy groups -OCH3 is 1. The van der Waals surface area contributed by atoms with E-state index in [4.69, 9.17) is 4.74 Å². The van der Waals surface area contributed by atoms with E-state index in [-0.39, 0.29) is 23.3 Å². The third-order valence-corrected chi connectivity index (χ3v) is 8.98. The predicted molar refractivity (Wildman–Crippen MR) is 158 cm³/mol. The summed E-state index contributed by atoms with van der Waals surface area (Å²) in [4.78, 5) is 43.5. The molecule has 206 valence electrons. The number of piperidine rings is 1. The van der Waals surface area contributed by atoms with Crippen LogP contribution in [0.15, 0.2) is 54.7 Å². The van der Waals surface area contributed by atoms with Crippen molar-refractivity contribution in [2.24, 2.45) is 17.8 Å². The summed E-state index contributed by atoms with van der Waals surface area (Å²) >= 11 is 7.26. The lowest BCUT2D eigenvalue weighted by Crippen LogP contribution is -2.46. The molecule has 0 bridgehead atoms. The minimum Gasteiger partial charge on any atom is -0.497 e. The van der Waals surface area contributed by atoms with Crippen molar-refractivity contribution < 1.29 is 19.2 Å². The van der Waals surface area contributed by atoms with Crippen LogP contribution in [0.25, 0.3) is 10.9 Å². The van der Waals surface area contributed by atoms with Gasteiger partial charge in [0, 0.05) is 65.0 Å². The first kappa shape index (κ1) is 29.1. The zero-order chi connectivity index (χ0) is 27.9. The molecular formula is C29H31Br2N3O5. The number of carbonyl (C=O) groups excluding carboxylic acids is 2. The summed E-state index contributed by atoms with van der Waals surface area (Å²) in [6, 6.07) is 13.1. The first-order valence-electron chi connectivity index (χ1n) is 13.0. The van der Waals surface area contributed by atoms with Gasteiger partial charge in [-0.2, -0.15) is 0 Å². The Bertz CT molecular complexity index is 1330. The van der Waals surface area contributed by atoms with Gasteiger partial charge in [0.25, 0.3) is 11.6 Å². The number of ether oxygens (including phenoxy) is 1. The molecule has 2 aromatic carbocycles. The van der Waals surface area contributed by atoms with E-state index < -0.39 is 4.92 Å². The highest BCUT2D eigenvalue weighted by Crippen LogP contribution is 2.37. The van der Waals surface area contributed by atoms with E-state index in [1.165, 1.54) is 24.3 Å². The Morgan fingerprint density at radius 2 is 1.95 bits per heavy atom. The molecule has 8 nitrogen and oxygen atoms in total. The number of aromatic nitrogens is 1. The molecular weight excluding hydrogens is 630 g/mol. The quantitative estimate of drug-likeness (QED) is 0.0983. The molecule has 2 heterocycles. The normalized spacial score (nSPS) is 18.1. The molecule has 0 radical (unpaired) electrons. The number of alkyl halides is 2. The molecule has 10 heteroatoms. The standard InChI is InChI=1S/C29H31Br2N3O5/c1-39-23-7-8-27-25(16-23)24(11-14-32-27)28(35)9-4-19-12-15-33(18-26(19)21(17-31)10-13-30)29(36)20-2-5-22(6-3-20)34(37)38/h2-3,5-8,11,14,16,19,21,26H,4,9-10,12-13,15,17-18H2,1H3/t19-,21-,26-/m0/s1. The number of nitro benzene ring substituents is 1. The first-order valence-corrected chi connectivity index (χ1v) is 15.2. The third-order valence-electron chi connectivity index (χ3n) is 7.69. The smallest absolute Gasteiger partial charge is 0.269 e. The van der Waals surface area contributed by atoms with Crippen molar-refractivity contribution in [2.75, 3.05) is 30.9 Å². The first-order chi connectivity index (χ1) is 18.9. The number of Topliss-reactive ketones (excluding diaryl/α,β-unsaturated/α-hetero) is 1. The van der Waals surface area contributed by atoms with Gasteiger partial charge in [-0.1, -0.05) is 31.9 Å². The van der Waals surface area contributed by atoms with Crippen molar-refractivity contribution in [3.63, 3.8) is 0 Å². The van der Waals surface area contributed by atoms with E-state index in [0.717, 1.165) is 40.8 Å². The van der Waals surface area contributed by atoms with Crippen molar-refractivity contribution in [1.29, 1.82) is 0 Å². The summed E-state index contributed by atoms with van der Waals surface area (Å²) in [6.45, 7) is 1.18. The summed E-state index contributed by atoms with van der Waals surface area (Å²) in [7, 11) is 1.60. The molecule has 0 spiro atoms. The van der Waals surface area contributed by atoms with Gasteiger partial charge < -0.3 is 9.64 Å². The second-order valence-corrected chi connectivity index (χ2v) is 11.3. The van der Waals surface area contributed by atoms with Crippen LogP contribution in [0.4, 0.5) is 5.69 Å². The summed E-state index contributed by atoms with van der Waals surface area (Å²) in [5, 5.41) is 13.4. The van der Waals surface area contributed by atoms with Crippen LogP contribution < -0.4 is 4.74 Å². The molecule has 1 saturated heterocycles. The number of nitrogens with zero attached hydrogens (tertiary/aromatic N) is 3. The fourth-order valence-electron chi connectivity index (χ4n) is 5.51. The van der Waals surface area contributed by atoms with Gasteiger partial charge in [0.1, 0.15) is 5.75 Å². The van der Waals surface area contributed by atoms with Crippen molar-refractivity contribution in [2.45, 2.75) is 25.7 Å². The van der Waals surface area contributed by atoms with E-state index in [2.05, 4.69) is 36.8 Å². The number of hydrogen-bond donors (Lipinski definition) is 0. The van der Waals surface area contributed by atoms with Crippen LogP contribution in [0, 0.1) is 27.9 Å². The lowest BCUT2D eigenvalue weighted by atomic mass is 9.74. The Morgan fingerprint density at radius 3 is 2.62 bits per heavy atom. The third kappa shape index (κ3) is 6.84. The number of likely N-dealkylation sites (tertiary alicyclic amines) is 1. The molecule has 3 atom stereocenters. The molecule has 1 fully saturated rings. The van der Waals surface area contributed by atoms with Crippen molar-refractivity contribution in [3.05, 3.63) is 76.0 Å². The number of hydrogen-bond acceptors (Lipinski definition) is 6. The highest BCUT2D eigenvalue weighted by Gasteiger charge is 2.36. The van der Waals surface area contributed by atoms with E-state index in [9.17, 15) is 19.7 Å². The van der Waals surface area contributed by atoms with Gasteiger partial charge >= 0.3 is 0 Å². The molecule has 0 N–H and O–H groups in total. The summed E-state index contributed by atoms with van der Waals surface area (Å²) in [5.41, 5.74) is 1.82. The maximum Gasteiger partial charge on any atom is 0.269 e. The van der Waals surface area contributed by atoms with E-state index in [1.807, 2.05) is 23.1 Å². The van der Waals surface area contributed by atoms with Crippen LogP contribution in [0.1, 0.15) is 46.4 Å². The van der Waals surface area contributed by atoms with Crippen LogP contribution in [-0.2, 0) is 0 Å². The largest absolute Gasteiger partial charge is 0.497 e. The molecule has 3 aromatic rings. The van der Waals surface area contributed by atoms with Crippen LogP contribution in [0.3, 0.4) is 0 Å². The Kier molecular flexibility index (Phi) is 10.1. The highest BCUT2D eigenvalue weighted by atomic mass is 79.9. The highest BCUT2D eigenvalue weighted by molar-refractivity contribution is 9.09. The summed E-state index contributed by atoms with van der Waals surface area (Å²) in [5.74, 6) is 1.50. The average molecular weight is 661 g/mol. The lowest BCUT2D eigenvalue weighted by molar-refractivity contribution is -0.384. The maximum atomic E-state index is 13.4. The molecule has 4 rings (SSSR count).